The number of ether oxygens (including phenoxy) is 1. The van der Waals surface area contributed by atoms with Gasteiger partial charge in [-0.15, -0.1) is 0 Å². The van der Waals surface area contributed by atoms with Crippen molar-refractivity contribution in [2.45, 2.75) is 13.3 Å². The number of methoxy groups -OCH3 is 1. The van der Waals surface area contributed by atoms with E-state index in [1.807, 2.05) is 6.92 Å². The highest BCUT2D eigenvalue weighted by Crippen LogP contribution is 2.19. The number of halogens is 1. The second kappa shape index (κ2) is 7.76. The molecular formula is C13H17ClN2O3. The molecule has 1 rings (SSSR count). The molecule has 0 fully saturated rings. The minimum Gasteiger partial charge on any atom is -0.385 e. The molecule has 0 atom stereocenters. The van der Waals surface area contributed by atoms with E-state index in [0.29, 0.717) is 30.3 Å². The van der Waals surface area contributed by atoms with Crippen molar-refractivity contribution in [1.29, 1.82) is 0 Å². The predicted octanol–water partition coefficient (Wildman–Crippen LogP) is 1.74. The third-order valence-electron chi connectivity index (χ3n) is 2.45. The molecule has 0 spiro atoms. The molecular weight excluding hydrogens is 268 g/mol. The van der Waals surface area contributed by atoms with E-state index in [1.54, 1.807) is 25.3 Å². The van der Waals surface area contributed by atoms with Crippen molar-refractivity contribution in [3.8, 4) is 0 Å². The molecule has 104 valence electrons. The Hall–Kier alpha value is -1.59. The van der Waals surface area contributed by atoms with E-state index in [-0.39, 0.29) is 0 Å². The molecule has 1 aromatic carbocycles. The van der Waals surface area contributed by atoms with Gasteiger partial charge in [-0.2, -0.15) is 0 Å². The zero-order chi connectivity index (χ0) is 14.3. The predicted molar refractivity (Wildman–Crippen MR) is 74.3 cm³/mol. The Labute approximate surface area is 117 Å². The number of benzene rings is 1. The summed E-state index contributed by atoms with van der Waals surface area (Å²) in [5.41, 5.74) is 1.40. The number of hydrogen-bond acceptors (Lipinski definition) is 3. The molecule has 0 saturated carbocycles. The van der Waals surface area contributed by atoms with Crippen molar-refractivity contribution < 1.29 is 14.3 Å². The van der Waals surface area contributed by atoms with Gasteiger partial charge in [0.25, 0.3) is 0 Å². The van der Waals surface area contributed by atoms with Gasteiger partial charge in [0, 0.05) is 31.0 Å². The molecule has 0 aromatic heterocycles. The Kier molecular flexibility index (Phi) is 6.32. The molecule has 0 saturated heterocycles. The molecule has 0 radical (unpaired) electrons. The second-order valence-electron chi connectivity index (χ2n) is 4.02. The summed E-state index contributed by atoms with van der Waals surface area (Å²) in [6.07, 6.45) is 0.659. The SMILES string of the molecule is COCCCNC(=O)C(=O)Nc1ccc(C)c(Cl)c1. The van der Waals surface area contributed by atoms with E-state index in [4.69, 9.17) is 16.3 Å². The topological polar surface area (TPSA) is 67.4 Å². The first kappa shape index (κ1) is 15.5. The molecule has 0 aliphatic rings. The number of amides is 2. The molecule has 19 heavy (non-hydrogen) atoms. The molecule has 6 heteroatoms. The van der Waals surface area contributed by atoms with Crippen LogP contribution in [0, 0.1) is 6.92 Å². The summed E-state index contributed by atoms with van der Waals surface area (Å²) in [5.74, 6) is -1.38. The van der Waals surface area contributed by atoms with Crippen LogP contribution >= 0.6 is 11.6 Å². The van der Waals surface area contributed by atoms with E-state index < -0.39 is 11.8 Å². The number of carbonyl (C=O) groups excluding carboxylic acids is 2. The lowest BCUT2D eigenvalue weighted by atomic mass is 10.2. The zero-order valence-corrected chi connectivity index (χ0v) is 11.7. The summed E-state index contributed by atoms with van der Waals surface area (Å²) in [5, 5.41) is 5.52. The van der Waals surface area contributed by atoms with Crippen LogP contribution in [0.25, 0.3) is 0 Å². The van der Waals surface area contributed by atoms with Crippen LogP contribution in [0.4, 0.5) is 5.69 Å². The van der Waals surface area contributed by atoms with Gasteiger partial charge in [0.15, 0.2) is 0 Å². The molecule has 5 nitrogen and oxygen atoms in total. The monoisotopic (exact) mass is 284 g/mol. The summed E-state index contributed by atoms with van der Waals surface area (Å²) in [6, 6.07) is 5.07. The average molecular weight is 285 g/mol. The maximum atomic E-state index is 11.6. The Morgan fingerprint density at radius 3 is 2.68 bits per heavy atom. The van der Waals surface area contributed by atoms with Crippen LogP contribution in [0.5, 0.6) is 0 Å². The summed E-state index contributed by atoms with van der Waals surface area (Å²) < 4.78 is 4.84. The van der Waals surface area contributed by atoms with Crippen LogP contribution in [0.1, 0.15) is 12.0 Å². The maximum Gasteiger partial charge on any atom is 0.313 e. The molecule has 1 aromatic rings. The lowest BCUT2D eigenvalue weighted by molar-refractivity contribution is -0.136. The average Bonchev–Trinajstić information content (AvgIpc) is 2.38. The number of anilines is 1. The first-order valence-corrected chi connectivity index (χ1v) is 6.26. The normalized spacial score (nSPS) is 10.1. The Morgan fingerprint density at radius 1 is 1.32 bits per heavy atom. The Morgan fingerprint density at radius 2 is 2.05 bits per heavy atom. The van der Waals surface area contributed by atoms with Gasteiger partial charge in [-0.3, -0.25) is 9.59 Å². The quantitative estimate of drug-likeness (QED) is 0.639. The summed E-state index contributed by atoms with van der Waals surface area (Å²) in [4.78, 5) is 23.0. The highest BCUT2D eigenvalue weighted by Gasteiger charge is 2.13. The van der Waals surface area contributed by atoms with Gasteiger partial charge < -0.3 is 15.4 Å². The second-order valence-corrected chi connectivity index (χ2v) is 4.43. The number of nitrogens with one attached hydrogen (secondary N) is 2. The van der Waals surface area contributed by atoms with Crippen LogP contribution < -0.4 is 10.6 Å². The number of rotatable bonds is 5. The molecule has 0 bridgehead atoms. The van der Waals surface area contributed by atoms with Gasteiger partial charge in [-0.1, -0.05) is 17.7 Å². The van der Waals surface area contributed by atoms with Gasteiger partial charge in [0.2, 0.25) is 0 Å². The minimum atomic E-state index is -0.711. The molecule has 0 aliphatic heterocycles. The van der Waals surface area contributed by atoms with Gasteiger partial charge in [-0.25, -0.2) is 0 Å². The molecule has 2 N–H and O–H groups in total. The summed E-state index contributed by atoms with van der Waals surface area (Å²) >= 11 is 5.93. The van der Waals surface area contributed by atoms with E-state index in [2.05, 4.69) is 10.6 Å². The van der Waals surface area contributed by atoms with Crippen LogP contribution in [-0.2, 0) is 14.3 Å². The number of aryl methyl sites for hydroxylation is 1. The summed E-state index contributed by atoms with van der Waals surface area (Å²) in [7, 11) is 1.58. The lowest BCUT2D eigenvalue weighted by Crippen LogP contribution is -2.36. The molecule has 0 aliphatic carbocycles. The largest absolute Gasteiger partial charge is 0.385 e. The van der Waals surface area contributed by atoms with Crippen molar-refractivity contribution in [2.75, 3.05) is 25.6 Å². The number of hydrogen-bond donors (Lipinski definition) is 2. The first-order valence-electron chi connectivity index (χ1n) is 5.89. The zero-order valence-electron chi connectivity index (χ0n) is 11.0. The van der Waals surface area contributed by atoms with Crippen molar-refractivity contribution in [3.63, 3.8) is 0 Å². The third kappa shape index (κ3) is 5.28. The lowest BCUT2D eigenvalue weighted by Gasteiger charge is -2.07. The molecule has 0 heterocycles. The Balaban J connectivity index is 2.45. The molecule has 0 unspecified atom stereocenters. The minimum absolute atomic E-state index is 0.398. The van der Waals surface area contributed by atoms with Gasteiger partial charge in [0.05, 0.1) is 0 Å². The van der Waals surface area contributed by atoms with E-state index in [9.17, 15) is 9.59 Å². The summed E-state index contributed by atoms with van der Waals surface area (Å²) in [6.45, 7) is 2.79. The number of carbonyl (C=O) groups is 2. The van der Waals surface area contributed by atoms with E-state index in [1.165, 1.54) is 0 Å². The van der Waals surface area contributed by atoms with Crippen LogP contribution in [0.3, 0.4) is 0 Å². The van der Waals surface area contributed by atoms with Crippen LogP contribution in [0.2, 0.25) is 5.02 Å². The van der Waals surface area contributed by atoms with E-state index >= 15 is 0 Å². The standard InChI is InChI=1S/C13H17ClN2O3/c1-9-4-5-10(8-11(9)14)16-13(18)12(17)15-6-3-7-19-2/h4-5,8H,3,6-7H2,1-2H3,(H,15,17)(H,16,18). The molecule has 2 amide bonds. The smallest absolute Gasteiger partial charge is 0.313 e. The fourth-order valence-corrected chi connectivity index (χ4v) is 1.54. The van der Waals surface area contributed by atoms with Crippen LogP contribution in [-0.4, -0.2) is 32.1 Å². The highest BCUT2D eigenvalue weighted by molar-refractivity contribution is 6.39. The van der Waals surface area contributed by atoms with Crippen molar-refractivity contribution in [3.05, 3.63) is 28.8 Å². The third-order valence-corrected chi connectivity index (χ3v) is 2.85. The fraction of sp³-hybridized carbons (Fsp3) is 0.385. The van der Waals surface area contributed by atoms with Crippen molar-refractivity contribution in [2.24, 2.45) is 0 Å². The van der Waals surface area contributed by atoms with Gasteiger partial charge in [0.1, 0.15) is 0 Å². The van der Waals surface area contributed by atoms with Crippen molar-refractivity contribution in [1.82, 2.24) is 5.32 Å². The van der Waals surface area contributed by atoms with E-state index in [0.717, 1.165) is 5.56 Å². The van der Waals surface area contributed by atoms with Crippen molar-refractivity contribution >= 4 is 29.1 Å². The van der Waals surface area contributed by atoms with Gasteiger partial charge in [-0.05, 0) is 31.0 Å². The Bertz CT molecular complexity index is 463. The van der Waals surface area contributed by atoms with Gasteiger partial charge >= 0.3 is 11.8 Å². The fourth-order valence-electron chi connectivity index (χ4n) is 1.36. The van der Waals surface area contributed by atoms with Crippen LogP contribution in [0.15, 0.2) is 18.2 Å². The highest BCUT2D eigenvalue weighted by atomic mass is 35.5. The first-order chi connectivity index (χ1) is 9.04. The maximum absolute atomic E-state index is 11.6.